The van der Waals surface area contributed by atoms with Crippen LogP contribution in [0, 0.1) is 0 Å². The minimum atomic E-state index is -0.824. The van der Waals surface area contributed by atoms with Crippen LogP contribution in [0.5, 0.6) is 0 Å². The van der Waals surface area contributed by atoms with Gasteiger partial charge in [0.15, 0.2) is 0 Å². The number of carbonyl (C=O) groups is 1. The van der Waals surface area contributed by atoms with Crippen molar-refractivity contribution in [2.45, 2.75) is 51.4 Å². The standard InChI is InChI=1S/C11H21NO3/c1-8-5-6-9(15-8)7-12(4)11(2,3)10(13)14/h8-9H,5-7H2,1-4H3,(H,13,14). The summed E-state index contributed by atoms with van der Waals surface area (Å²) in [6, 6.07) is 0. The van der Waals surface area contributed by atoms with Crippen LogP contribution in [-0.2, 0) is 9.53 Å². The Hall–Kier alpha value is -0.610. The summed E-state index contributed by atoms with van der Waals surface area (Å²) < 4.78 is 5.67. The molecule has 0 aromatic heterocycles. The first kappa shape index (κ1) is 12.5. The summed E-state index contributed by atoms with van der Waals surface area (Å²) >= 11 is 0. The second-order valence-corrected chi connectivity index (χ2v) is 4.89. The molecule has 0 aliphatic carbocycles. The van der Waals surface area contributed by atoms with Crippen LogP contribution in [0.4, 0.5) is 0 Å². The van der Waals surface area contributed by atoms with Gasteiger partial charge in [0.05, 0.1) is 12.2 Å². The van der Waals surface area contributed by atoms with Gasteiger partial charge in [0.1, 0.15) is 5.54 Å². The number of hydrogen-bond acceptors (Lipinski definition) is 3. The lowest BCUT2D eigenvalue weighted by Crippen LogP contribution is -2.50. The average Bonchev–Trinajstić information content (AvgIpc) is 2.50. The lowest BCUT2D eigenvalue weighted by atomic mass is 10.0. The summed E-state index contributed by atoms with van der Waals surface area (Å²) in [6.07, 6.45) is 2.60. The number of rotatable bonds is 4. The fraction of sp³-hybridized carbons (Fsp3) is 0.909. The molecule has 1 heterocycles. The molecular weight excluding hydrogens is 194 g/mol. The van der Waals surface area contributed by atoms with Gasteiger partial charge in [-0.05, 0) is 40.7 Å². The first-order valence-electron chi connectivity index (χ1n) is 5.44. The Bertz CT molecular complexity index is 240. The Morgan fingerprint density at radius 2 is 2.13 bits per heavy atom. The van der Waals surface area contributed by atoms with Gasteiger partial charge in [-0.2, -0.15) is 0 Å². The highest BCUT2D eigenvalue weighted by Crippen LogP contribution is 2.22. The molecule has 88 valence electrons. The second kappa shape index (κ2) is 4.49. The zero-order valence-corrected chi connectivity index (χ0v) is 9.99. The number of carboxylic acids is 1. The van der Waals surface area contributed by atoms with Crippen molar-refractivity contribution in [1.29, 1.82) is 0 Å². The van der Waals surface area contributed by atoms with Crippen molar-refractivity contribution in [3.63, 3.8) is 0 Å². The summed E-state index contributed by atoms with van der Waals surface area (Å²) in [5.41, 5.74) is -0.824. The largest absolute Gasteiger partial charge is 0.480 e. The molecule has 0 aromatic carbocycles. The highest BCUT2D eigenvalue weighted by Gasteiger charge is 2.34. The normalized spacial score (nSPS) is 27.3. The molecule has 1 aliphatic rings. The minimum Gasteiger partial charge on any atom is -0.480 e. The molecular formula is C11H21NO3. The molecule has 2 unspecified atom stereocenters. The van der Waals surface area contributed by atoms with Gasteiger partial charge in [-0.25, -0.2) is 0 Å². The maximum absolute atomic E-state index is 11.0. The molecule has 1 aliphatic heterocycles. The van der Waals surface area contributed by atoms with E-state index in [9.17, 15) is 4.79 Å². The van der Waals surface area contributed by atoms with Gasteiger partial charge < -0.3 is 9.84 Å². The van der Waals surface area contributed by atoms with Gasteiger partial charge in [0.25, 0.3) is 0 Å². The number of nitrogens with zero attached hydrogens (tertiary/aromatic N) is 1. The van der Waals surface area contributed by atoms with Gasteiger partial charge in [0, 0.05) is 6.54 Å². The van der Waals surface area contributed by atoms with Gasteiger partial charge in [0.2, 0.25) is 0 Å². The fourth-order valence-corrected chi connectivity index (χ4v) is 1.72. The highest BCUT2D eigenvalue weighted by atomic mass is 16.5. The lowest BCUT2D eigenvalue weighted by molar-refractivity contribution is -0.149. The molecule has 0 saturated carbocycles. The SMILES string of the molecule is CC1CCC(CN(C)C(C)(C)C(=O)O)O1. The van der Waals surface area contributed by atoms with Gasteiger partial charge in [-0.15, -0.1) is 0 Å². The topological polar surface area (TPSA) is 49.8 Å². The van der Waals surface area contributed by atoms with E-state index in [0.717, 1.165) is 12.8 Å². The van der Waals surface area contributed by atoms with E-state index in [0.29, 0.717) is 12.6 Å². The quantitative estimate of drug-likeness (QED) is 0.769. The van der Waals surface area contributed by atoms with E-state index in [-0.39, 0.29) is 6.10 Å². The van der Waals surface area contributed by atoms with Crippen molar-refractivity contribution in [3.05, 3.63) is 0 Å². The Balaban J connectivity index is 2.48. The van der Waals surface area contributed by atoms with Crippen LogP contribution in [0.25, 0.3) is 0 Å². The molecule has 0 bridgehead atoms. The summed E-state index contributed by atoms with van der Waals surface area (Å²) in [5, 5.41) is 9.06. The van der Waals surface area contributed by atoms with E-state index in [1.807, 2.05) is 11.9 Å². The molecule has 0 radical (unpaired) electrons. The van der Waals surface area contributed by atoms with Crippen LogP contribution in [0.3, 0.4) is 0 Å². The maximum Gasteiger partial charge on any atom is 0.323 e. The number of ether oxygens (including phenoxy) is 1. The zero-order valence-electron chi connectivity index (χ0n) is 9.99. The Kier molecular flexibility index (Phi) is 3.73. The fourth-order valence-electron chi connectivity index (χ4n) is 1.72. The number of likely N-dealkylation sites (N-methyl/N-ethyl adjacent to an activating group) is 1. The third kappa shape index (κ3) is 2.92. The summed E-state index contributed by atoms with van der Waals surface area (Å²) in [7, 11) is 1.83. The highest BCUT2D eigenvalue weighted by molar-refractivity contribution is 5.77. The van der Waals surface area contributed by atoms with E-state index in [1.165, 1.54) is 0 Å². The number of aliphatic carboxylic acids is 1. The molecule has 1 rings (SSSR count). The molecule has 4 nitrogen and oxygen atoms in total. The molecule has 0 amide bonds. The molecule has 15 heavy (non-hydrogen) atoms. The van der Waals surface area contributed by atoms with Gasteiger partial charge >= 0.3 is 5.97 Å². The van der Waals surface area contributed by atoms with Crippen LogP contribution >= 0.6 is 0 Å². The van der Waals surface area contributed by atoms with Gasteiger partial charge in [-0.3, -0.25) is 9.69 Å². The predicted molar refractivity (Wildman–Crippen MR) is 57.9 cm³/mol. The van der Waals surface area contributed by atoms with E-state index in [2.05, 4.69) is 6.92 Å². The van der Waals surface area contributed by atoms with Crippen LogP contribution in [-0.4, -0.2) is 47.3 Å². The van der Waals surface area contributed by atoms with Crippen molar-refractivity contribution in [1.82, 2.24) is 4.90 Å². The van der Waals surface area contributed by atoms with Crippen molar-refractivity contribution in [2.75, 3.05) is 13.6 Å². The third-order valence-corrected chi connectivity index (χ3v) is 3.28. The molecule has 0 aromatic rings. The second-order valence-electron chi connectivity index (χ2n) is 4.89. The minimum absolute atomic E-state index is 0.184. The van der Waals surface area contributed by atoms with Crippen LogP contribution in [0.1, 0.15) is 33.6 Å². The van der Waals surface area contributed by atoms with Crippen LogP contribution in [0.2, 0.25) is 0 Å². The lowest BCUT2D eigenvalue weighted by Gasteiger charge is -2.33. The summed E-state index contributed by atoms with van der Waals surface area (Å²) in [6.45, 7) is 6.17. The van der Waals surface area contributed by atoms with E-state index in [4.69, 9.17) is 9.84 Å². The van der Waals surface area contributed by atoms with Crippen molar-refractivity contribution < 1.29 is 14.6 Å². The zero-order chi connectivity index (χ0) is 11.6. The first-order valence-corrected chi connectivity index (χ1v) is 5.44. The summed E-state index contributed by atoms with van der Waals surface area (Å²) in [5.74, 6) is -0.795. The van der Waals surface area contributed by atoms with Crippen LogP contribution in [0.15, 0.2) is 0 Å². The summed E-state index contributed by atoms with van der Waals surface area (Å²) in [4.78, 5) is 12.9. The van der Waals surface area contributed by atoms with E-state index in [1.54, 1.807) is 13.8 Å². The van der Waals surface area contributed by atoms with E-state index < -0.39 is 11.5 Å². The molecule has 0 spiro atoms. The van der Waals surface area contributed by atoms with Crippen molar-refractivity contribution in [2.24, 2.45) is 0 Å². The number of hydrogen-bond donors (Lipinski definition) is 1. The molecule has 1 fully saturated rings. The Morgan fingerprint density at radius 1 is 1.53 bits per heavy atom. The van der Waals surface area contributed by atoms with Gasteiger partial charge in [-0.1, -0.05) is 0 Å². The first-order chi connectivity index (χ1) is 6.84. The molecule has 1 N–H and O–H groups in total. The van der Waals surface area contributed by atoms with Crippen molar-refractivity contribution in [3.8, 4) is 0 Å². The third-order valence-electron chi connectivity index (χ3n) is 3.28. The molecule has 1 saturated heterocycles. The monoisotopic (exact) mass is 215 g/mol. The van der Waals surface area contributed by atoms with Crippen molar-refractivity contribution >= 4 is 5.97 Å². The predicted octanol–water partition coefficient (Wildman–Crippen LogP) is 1.35. The Labute approximate surface area is 91.2 Å². The maximum atomic E-state index is 11.0. The Morgan fingerprint density at radius 3 is 2.53 bits per heavy atom. The average molecular weight is 215 g/mol. The smallest absolute Gasteiger partial charge is 0.323 e. The molecule has 4 heteroatoms. The van der Waals surface area contributed by atoms with Crippen LogP contribution < -0.4 is 0 Å². The number of carboxylic acid groups (broad SMARTS) is 1. The molecule has 2 atom stereocenters. The van der Waals surface area contributed by atoms with E-state index >= 15 is 0 Å².